The van der Waals surface area contributed by atoms with E-state index in [4.69, 9.17) is 9.47 Å². The van der Waals surface area contributed by atoms with Gasteiger partial charge in [-0.15, -0.1) is 0 Å². The van der Waals surface area contributed by atoms with E-state index in [1.54, 1.807) is 6.92 Å². The van der Waals surface area contributed by atoms with Crippen molar-refractivity contribution in [1.82, 2.24) is 5.32 Å². The average molecular weight is 454 g/mol. The van der Waals surface area contributed by atoms with Gasteiger partial charge < -0.3 is 0 Å². The fourth-order valence-corrected chi connectivity index (χ4v) is 5.30. The van der Waals surface area contributed by atoms with Crippen molar-refractivity contribution in [3.05, 3.63) is 0 Å². The Kier molecular flexibility index (Phi) is 7.49. The monoisotopic (exact) mass is 454 g/mol. The Morgan fingerprint density at radius 3 is 2.62 bits per heavy atom. The quantitative estimate of drug-likeness (QED) is 0.184. The summed E-state index contributed by atoms with van der Waals surface area (Å²) in [6, 6.07) is 0. The van der Waals surface area contributed by atoms with Crippen molar-refractivity contribution in [3.8, 4) is 0 Å². The van der Waals surface area contributed by atoms with Crippen LogP contribution in [-0.4, -0.2) is 38.5 Å². The average Bonchev–Trinajstić information content (AvgIpc) is 2.68. The van der Waals surface area contributed by atoms with Crippen molar-refractivity contribution in [1.29, 1.82) is 0 Å². The zero-order valence-corrected chi connectivity index (χ0v) is 17.5. The van der Waals surface area contributed by atoms with Crippen LogP contribution >= 0.6 is 0 Å². The Morgan fingerprint density at radius 2 is 2.12 bits per heavy atom. The molecule has 0 saturated carbocycles. The van der Waals surface area contributed by atoms with Crippen molar-refractivity contribution in [2.24, 2.45) is 11.3 Å². The van der Waals surface area contributed by atoms with Gasteiger partial charge in [-0.25, -0.2) is 0 Å². The third-order valence-electron chi connectivity index (χ3n) is 3.48. The number of cyclic esters (lactones) is 1. The number of amides is 1. The molecule has 0 spiro atoms. The Balaban J connectivity index is 2.81. The SMILES string of the molecule is CC(C)C[I-]C(NC(=O)OC(C)(C)C)[C@@H]1C[C@](C)(CC=O)C(=O)O1. The molecule has 1 unspecified atom stereocenters. The third kappa shape index (κ3) is 6.57. The van der Waals surface area contributed by atoms with Gasteiger partial charge in [0, 0.05) is 0 Å². The molecular weight excluding hydrogens is 425 g/mol. The Labute approximate surface area is 154 Å². The van der Waals surface area contributed by atoms with E-state index in [1.807, 2.05) is 20.8 Å². The topological polar surface area (TPSA) is 81.7 Å². The molecule has 0 aromatic rings. The first-order chi connectivity index (χ1) is 11.0. The second kappa shape index (κ2) is 8.49. The predicted molar refractivity (Wildman–Crippen MR) is 86.1 cm³/mol. The molecule has 0 aliphatic carbocycles. The van der Waals surface area contributed by atoms with Crippen molar-refractivity contribution in [2.45, 2.75) is 70.1 Å². The molecular formula is C17H29INO5-. The number of alkyl carbamates (subject to hydrolysis) is 1. The predicted octanol–water partition coefficient (Wildman–Crippen LogP) is -0.507. The van der Waals surface area contributed by atoms with Crippen LogP contribution in [-0.2, 0) is 19.1 Å². The number of nitrogens with one attached hydrogen (secondary N) is 1. The van der Waals surface area contributed by atoms with E-state index >= 15 is 0 Å². The molecule has 0 bridgehead atoms. The Bertz CT molecular complexity index is 474. The Hall–Kier alpha value is -0.860. The van der Waals surface area contributed by atoms with Crippen molar-refractivity contribution in [3.63, 3.8) is 0 Å². The molecule has 1 aliphatic rings. The van der Waals surface area contributed by atoms with Gasteiger partial charge in [-0.3, -0.25) is 0 Å². The summed E-state index contributed by atoms with van der Waals surface area (Å²) in [5.74, 6) is 0.156. The molecule has 0 aromatic carbocycles. The number of hydrogen-bond donors (Lipinski definition) is 1. The molecule has 6 nitrogen and oxygen atoms in total. The summed E-state index contributed by atoms with van der Waals surface area (Å²) in [5.41, 5.74) is -1.37. The van der Waals surface area contributed by atoms with Gasteiger partial charge in [0.05, 0.1) is 0 Å². The zero-order valence-electron chi connectivity index (χ0n) is 15.3. The van der Waals surface area contributed by atoms with Crippen LogP contribution in [0.3, 0.4) is 0 Å². The van der Waals surface area contributed by atoms with Crippen LogP contribution in [0.5, 0.6) is 0 Å². The summed E-state index contributed by atoms with van der Waals surface area (Å²) in [4.78, 5) is 35.1. The van der Waals surface area contributed by atoms with Gasteiger partial charge in [0.25, 0.3) is 0 Å². The fourth-order valence-electron chi connectivity index (χ4n) is 2.29. The molecule has 1 heterocycles. The molecule has 1 saturated heterocycles. The van der Waals surface area contributed by atoms with Crippen LogP contribution in [0, 0.1) is 11.3 Å². The molecule has 1 N–H and O–H groups in total. The number of hydrogen-bond acceptors (Lipinski definition) is 5. The summed E-state index contributed by atoms with van der Waals surface area (Å²) in [5, 5.41) is 2.89. The first-order valence-corrected chi connectivity index (χ1v) is 11.0. The van der Waals surface area contributed by atoms with E-state index in [2.05, 4.69) is 19.2 Å². The van der Waals surface area contributed by atoms with Gasteiger partial charge in [0.15, 0.2) is 0 Å². The number of alkyl halides is 2. The second-order valence-electron chi connectivity index (χ2n) is 7.83. The summed E-state index contributed by atoms with van der Waals surface area (Å²) in [6.45, 7) is 11.4. The van der Waals surface area contributed by atoms with E-state index < -0.39 is 38.3 Å². The van der Waals surface area contributed by atoms with E-state index in [9.17, 15) is 14.4 Å². The molecule has 1 rings (SSSR count). The summed E-state index contributed by atoms with van der Waals surface area (Å²) in [7, 11) is 0. The second-order valence-corrected chi connectivity index (χ2v) is 10.9. The number of aldehydes is 1. The van der Waals surface area contributed by atoms with Crippen LogP contribution in [0.25, 0.3) is 0 Å². The number of carbonyl (C=O) groups excluding carboxylic acids is 3. The molecule has 140 valence electrons. The summed E-state index contributed by atoms with van der Waals surface area (Å²) >= 11 is -0.420. The van der Waals surface area contributed by atoms with E-state index in [0.717, 1.165) is 10.7 Å². The van der Waals surface area contributed by atoms with Crippen molar-refractivity contribution < 1.29 is 45.1 Å². The summed E-state index contributed by atoms with van der Waals surface area (Å²) < 4.78 is 11.6. The van der Waals surface area contributed by atoms with Gasteiger partial charge in [-0.2, -0.15) is 0 Å². The number of halogens is 1. The Morgan fingerprint density at radius 1 is 1.50 bits per heavy atom. The number of rotatable bonds is 7. The maximum absolute atomic E-state index is 12.1. The van der Waals surface area contributed by atoms with E-state index in [-0.39, 0.29) is 22.5 Å². The minimum atomic E-state index is -0.790. The van der Waals surface area contributed by atoms with Crippen molar-refractivity contribution in [2.75, 3.05) is 4.43 Å². The van der Waals surface area contributed by atoms with Gasteiger partial charge in [0.2, 0.25) is 0 Å². The fraction of sp³-hybridized carbons (Fsp3) is 0.824. The van der Waals surface area contributed by atoms with Gasteiger partial charge >= 0.3 is 155 Å². The van der Waals surface area contributed by atoms with Crippen LogP contribution in [0.1, 0.15) is 54.4 Å². The number of carbonyl (C=O) groups is 3. The molecule has 1 fully saturated rings. The standard InChI is InChI=1S/C17H29INO5/c1-11(2)10-18-13(19-15(22)24-16(3,4)5)12-9-17(6,7-8-20)14(21)23-12/h8,11-13H,7,9-10H2,1-6H3,(H,19,22)/q-1/t12-,13?,17-/m0/s1. The molecule has 24 heavy (non-hydrogen) atoms. The number of esters is 1. The molecule has 7 heteroatoms. The molecule has 1 aliphatic heterocycles. The van der Waals surface area contributed by atoms with Crippen LogP contribution in [0.4, 0.5) is 4.79 Å². The maximum atomic E-state index is 12.1. The molecule has 1 amide bonds. The van der Waals surface area contributed by atoms with Crippen LogP contribution in [0.2, 0.25) is 0 Å². The van der Waals surface area contributed by atoms with Crippen molar-refractivity contribution >= 4 is 18.3 Å². The zero-order chi connectivity index (χ0) is 18.5. The summed E-state index contributed by atoms with van der Waals surface area (Å²) in [6.07, 6.45) is 0.466. The van der Waals surface area contributed by atoms with Crippen LogP contribution < -0.4 is 26.5 Å². The first-order valence-electron chi connectivity index (χ1n) is 8.19. The van der Waals surface area contributed by atoms with E-state index in [0.29, 0.717) is 12.3 Å². The van der Waals surface area contributed by atoms with Gasteiger partial charge in [-0.1, -0.05) is 0 Å². The molecule has 0 radical (unpaired) electrons. The third-order valence-corrected chi connectivity index (χ3v) is 7.81. The number of ether oxygens (including phenoxy) is 2. The normalized spacial score (nSPS) is 25.5. The molecule has 3 atom stereocenters. The van der Waals surface area contributed by atoms with Crippen LogP contribution in [0.15, 0.2) is 0 Å². The molecule has 0 aromatic heterocycles. The van der Waals surface area contributed by atoms with Gasteiger partial charge in [-0.05, 0) is 0 Å². The van der Waals surface area contributed by atoms with Gasteiger partial charge in [0.1, 0.15) is 0 Å². The van der Waals surface area contributed by atoms with E-state index in [1.165, 1.54) is 0 Å². The first kappa shape index (κ1) is 21.2. The minimum absolute atomic E-state index is 0.143.